The van der Waals surface area contributed by atoms with E-state index in [2.05, 4.69) is 60.1 Å². The summed E-state index contributed by atoms with van der Waals surface area (Å²) in [7, 11) is 7.57. The van der Waals surface area contributed by atoms with Crippen molar-refractivity contribution in [2.24, 2.45) is 21.1 Å². The minimum absolute atomic E-state index is 0.229. The van der Waals surface area contributed by atoms with Crippen LogP contribution in [-0.2, 0) is 21.1 Å². The lowest BCUT2D eigenvalue weighted by molar-refractivity contribution is 0.389. The number of nitrogens with zero attached hydrogens (tertiary/aromatic N) is 9. The zero-order valence-corrected chi connectivity index (χ0v) is 23.0. The molecule has 10 heteroatoms. The fourth-order valence-corrected chi connectivity index (χ4v) is 5.61. The summed E-state index contributed by atoms with van der Waals surface area (Å²) in [5.74, 6) is 2.19. The summed E-state index contributed by atoms with van der Waals surface area (Å²) < 4.78 is 13.2. The molecule has 5 aromatic heterocycles. The number of ether oxygens (including phenoxy) is 1. The maximum absolute atomic E-state index is 5.50. The van der Waals surface area contributed by atoms with Crippen molar-refractivity contribution in [3.05, 3.63) is 54.2 Å². The fourth-order valence-electron chi connectivity index (χ4n) is 5.61. The first-order valence-electron chi connectivity index (χ1n) is 13.3. The van der Waals surface area contributed by atoms with Crippen molar-refractivity contribution in [3.63, 3.8) is 0 Å². The second-order valence-corrected chi connectivity index (χ2v) is 10.8. The molecular formula is C29H31N9O. The van der Waals surface area contributed by atoms with Crippen molar-refractivity contribution in [1.29, 1.82) is 0 Å². The highest BCUT2D eigenvalue weighted by Crippen LogP contribution is 2.47. The summed E-state index contributed by atoms with van der Waals surface area (Å²) in [5.41, 5.74) is 7.89. The molecule has 1 aliphatic rings. The molecule has 0 aliphatic heterocycles. The first kappa shape index (κ1) is 23.6. The molecule has 0 bridgehead atoms. The van der Waals surface area contributed by atoms with Crippen LogP contribution in [0.5, 0.6) is 5.88 Å². The third kappa shape index (κ3) is 3.73. The molecule has 0 spiro atoms. The maximum Gasteiger partial charge on any atom is 0.258 e. The van der Waals surface area contributed by atoms with E-state index in [1.807, 2.05) is 41.9 Å². The molecule has 0 N–H and O–H groups in total. The molecule has 1 fully saturated rings. The highest BCUT2D eigenvalue weighted by Gasteiger charge is 2.33. The van der Waals surface area contributed by atoms with Crippen LogP contribution in [-0.4, -0.2) is 51.0 Å². The van der Waals surface area contributed by atoms with Gasteiger partial charge in [0.1, 0.15) is 11.5 Å². The lowest BCUT2D eigenvalue weighted by Gasteiger charge is -2.12. The Kier molecular flexibility index (Phi) is 5.16. The summed E-state index contributed by atoms with van der Waals surface area (Å²) >= 11 is 0. The van der Waals surface area contributed by atoms with Gasteiger partial charge in [0, 0.05) is 67.0 Å². The Balaban J connectivity index is 1.44. The highest BCUT2D eigenvalue weighted by atomic mass is 16.5. The number of hydrogen-bond acceptors (Lipinski definition) is 6. The van der Waals surface area contributed by atoms with E-state index in [4.69, 9.17) is 19.8 Å². The molecule has 39 heavy (non-hydrogen) atoms. The largest absolute Gasteiger partial charge is 0.478 e. The highest BCUT2D eigenvalue weighted by molar-refractivity contribution is 5.95. The lowest BCUT2D eigenvalue weighted by atomic mass is 10.0. The zero-order valence-electron chi connectivity index (χ0n) is 23.0. The number of fused-ring (bicyclic) bond motifs is 2. The number of pyridine rings is 1. The molecule has 7 rings (SSSR count). The molecule has 0 radical (unpaired) electrons. The second kappa shape index (κ2) is 8.52. The molecular weight excluding hydrogens is 490 g/mol. The lowest BCUT2D eigenvalue weighted by Crippen LogP contribution is -2.03. The van der Waals surface area contributed by atoms with Crippen LogP contribution in [0.1, 0.15) is 49.9 Å². The molecule has 10 nitrogen and oxygen atoms in total. The van der Waals surface area contributed by atoms with E-state index in [0.29, 0.717) is 11.8 Å². The Morgan fingerprint density at radius 1 is 0.923 bits per heavy atom. The zero-order chi connectivity index (χ0) is 27.0. The number of aryl methyl sites for hydroxylation is 2. The Labute approximate surface area is 225 Å². The molecule has 0 saturated heterocycles. The van der Waals surface area contributed by atoms with Gasteiger partial charge < -0.3 is 9.30 Å². The van der Waals surface area contributed by atoms with E-state index >= 15 is 0 Å². The quantitative estimate of drug-likeness (QED) is 0.302. The van der Waals surface area contributed by atoms with E-state index < -0.39 is 0 Å². The maximum atomic E-state index is 5.50. The van der Waals surface area contributed by atoms with Gasteiger partial charge in [0.25, 0.3) is 5.88 Å². The van der Waals surface area contributed by atoms with E-state index in [1.165, 1.54) is 18.5 Å². The van der Waals surface area contributed by atoms with Crippen LogP contribution < -0.4 is 4.74 Å². The van der Waals surface area contributed by atoms with E-state index in [0.717, 1.165) is 56.0 Å². The Hall–Kier alpha value is -4.47. The minimum Gasteiger partial charge on any atom is -0.478 e. The van der Waals surface area contributed by atoms with Crippen molar-refractivity contribution >= 4 is 21.9 Å². The van der Waals surface area contributed by atoms with Gasteiger partial charge in [-0.1, -0.05) is 26.0 Å². The van der Waals surface area contributed by atoms with Crippen LogP contribution in [0.15, 0.2) is 42.9 Å². The third-order valence-electron chi connectivity index (χ3n) is 7.55. The van der Waals surface area contributed by atoms with Crippen molar-refractivity contribution in [2.45, 2.75) is 38.5 Å². The Morgan fingerprint density at radius 2 is 1.72 bits per heavy atom. The number of rotatable bonds is 6. The summed E-state index contributed by atoms with van der Waals surface area (Å²) in [5, 5.41) is 15.9. The van der Waals surface area contributed by atoms with Gasteiger partial charge in [-0.3, -0.25) is 9.36 Å². The summed E-state index contributed by atoms with van der Waals surface area (Å²) in [4.78, 5) is 10.3. The van der Waals surface area contributed by atoms with E-state index in [-0.39, 0.29) is 5.92 Å². The van der Waals surface area contributed by atoms with Crippen LogP contribution in [0.25, 0.3) is 50.3 Å². The molecule has 0 atom stereocenters. The summed E-state index contributed by atoms with van der Waals surface area (Å²) in [6.07, 6.45) is 8.32. The molecule has 0 amide bonds. The molecule has 1 aliphatic carbocycles. The van der Waals surface area contributed by atoms with Crippen LogP contribution in [0.4, 0.5) is 0 Å². The van der Waals surface area contributed by atoms with Gasteiger partial charge in [0.05, 0.1) is 30.2 Å². The van der Waals surface area contributed by atoms with Gasteiger partial charge >= 0.3 is 0 Å². The average molecular weight is 522 g/mol. The van der Waals surface area contributed by atoms with Crippen LogP contribution >= 0.6 is 0 Å². The minimum atomic E-state index is 0.229. The average Bonchev–Trinajstić information content (AvgIpc) is 3.22. The monoisotopic (exact) mass is 521 g/mol. The Bertz CT molecular complexity index is 1880. The first-order chi connectivity index (χ1) is 18.8. The van der Waals surface area contributed by atoms with Crippen molar-refractivity contribution in [2.75, 3.05) is 7.11 Å². The number of benzene rings is 1. The van der Waals surface area contributed by atoms with Gasteiger partial charge in [-0.15, -0.1) is 5.10 Å². The van der Waals surface area contributed by atoms with Crippen LogP contribution in [0.3, 0.4) is 0 Å². The van der Waals surface area contributed by atoms with Gasteiger partial charge in [0.15, 0.2) is 5.65 Å². The molecule has 6 aromatic rings. The smallest absolute Gasteiger partial charge is 0.258 e. The number of methoxy groups -OCH3 is 1. The molecule has 1 aromatic carbocycles. The van der Waals surface area contributed by atoms with Gasteiger partial charge in [-0.05, 0) is 30.9 Å². The Morgan fingerprint density at radius 3 is 2.46 bits per heavy atom. The predicted octanol–water partition coefficient (Wildman–Crippen LogP) is 5.12. The van der Waals surface area contributed by atoms with Crippen molar-refractivity contribution in [1.82, 2.24) is 43.9 Å². The predicted molar refractivity (Wildman–Crippen MR) is 150 cm³/mol. The summed E-state index contributed by atoms with van der Waals surface area (Å²) in [6.45, 7) is 4.35. The van der Waals surface area contributed by atoms with Gasteiger partial charge in [-0.2, -0.15) is 10.2 Å². The third-order valence-corrected chi connectivity index (χ3v) is 7.55. The first-order valence-corrected chi connectivity index (χ1v) is 13.3. The van der Waals surface area contributed by atoms with Gasteiger partial charge in [-0.25, -0.2) is 14.6 Å². The molecule has 5 heterocycles. The SMILES string of the molecule is COc1nn(C)cc1-n1cc2c(-c3nc(-c4cc5cn(C)nc5nc4C(C)C)n(C)c3C3CC3)cccc2n1. The van der Waals surface area contributed by atoms with E-state index in [1.54, 1.807) is 11.8 Å². The molecule has 0 unspecified atom stereocenters. The number of imidazole rings is 1. The van der Waals surface area contributed by atoms with E-state index in [9.17, 15) is 0 Å². The standard InChI is InChI=1S/C29H31N9O/c1-16(2)24-20(12-18-13-35(3)33-27(18)30-24)28-31-25(26(37(28)5)17-10-11-17)19-8-7-9-22-21(19)14-38(32-22)23-15-36(4)34-29(23)39-6/h7-9,12-17H,10-11H2,1-6H3. The second-order valence-electron chi connectivity index (χ2n) is 10.8. The van der Waals surface area contributed by atoms with Crippen LogP contribution in [0, 0.1) is 0 Å². The number of aromatic nitrogens is 9. The fraction of sp³-hybridized carbons (Fsp3) is 0.345. The molecule has 198 valence electrons. The summed E-state index contributed by atoms with van der Waals surface area (Å²) in [6, 6.07) is 8.44. The normalized spacial score (nSPS) is 13.8. The van der Waals surface area contributed by atoms with Crippen LogP contribution in [0.2, 0.25) is 0 Å². The topological polar surface area (TPSA) is 93.4 Å². The number of hydrogen-bond donors (Lipinski definition) is 0. The molecule has 1 saturated carbocycles. The van der Waals surface area contributed by atoms with Crippen molar-refractivity contribution < 1.29 is 4.74 Å². The van der Waals surface area contributed by atoms with Crippen molar-refractivity contribution in [3.8, 4) is 34.2 Å². The van der Waals surface area contributed by atoms with Gasteiger partial charge in [0.2, 0.25) is 0 Å².